The zero-order valence-corrected chi connectivity index (χ0v) is 11.6. The van der Waals surface area contributed by atoms with Gasteiger partial charge in [-0.15, -0.1) is 0 Å². The Hall–Kier alpha value is -1.28. The fraction of sp³-hybridized carbons (Fsp3) is 0.400. The van der Waals surface area contributed by atoms with Gasteiger partial charge in [-0.1, -0.05) is 11.6 Å². The van der Waals surface area contributed by atoms with E-state index in [1.54, 1.807) is 0 Å². The molecule has 1 aliphatic rings. The van der Waals surface area contributed by atoms with Gasteiger partial charge in [0.15, 0.2) is 0 Å². The first-order valence-electron chi connectivity index (χ1n) is 6.48. The molecular weight excluding hydrogens is 244 g/mol. The van der Waals surface area contributed by atoms with Gasteiger partial charge in [-0.2, -0.15) is 0 Å². The summed E-state index contributed by atoms with van der Waals surface area (Å²) in [6, 6.07) is 6.43. The molecule has 0 aliphatic carbocycles. The van der Waals surface area contributed by atoms with Gasteiger partial charge >= 0.3 is 0 Å². The summed E-state index contributed by atoms with van der Waals surface area (Å²) in [6.07, 6.45) is 2.58. The maximum absolute atomic E-state index is 6.45. The summed E-state index contributed by atoms with van der Waals surface area (Å²) in [4.78, 5) is 7.02. The van der Waals surface area contributed by atoms with E-state index >= 15 is 0 Å². The van der Waals surface area contributed by atoms with Crippen molar-refractivity contribution < 1.29 is 0 Å². The van der Waals surface area contributed by atoms with E-state index in [0.29, 0.717) is 0 Å². The van der Waals surface area contributed by atoms with Gasteiger partial charge < -0.3 is 4.90 Å². The first-order valence-corrected chi connectivity index (χ1v) is 6.86. The second kappa shape index (κ2) is 4.43. The van der Waals surface area contributed by atoms with Crippen LogP contribution >= 0.6 is 11.6 Å². The molecule has 2 nitrogen and oxygen atoms in total. The minimum Gasteiger partial charge on any atom is -0.372 e. The number of nitrogens with zero attached hydrogens (tertiary/aromatic N) is 2. The van der Waals surface area contributed by atoms with Gasteiger partial charge in [-0.05, 0) is 50.5 Å². The largest absolute Gasteiger partial charge is 0.372 e. The number of aromatic nitrogens is 1. The Morgan fingerprint density at radius 3 is 2.61 bits per heavy atom. The molecule has 2 aromatic rings. The van der Waals surface area contributed by atoms with Gasteiger partial charge in [0, 0.05) is 29.9 Å². The van der Waals surface area contributed by atoms with Crippen LogP contribution in [0.5, 0.6) is 0 Å². The molecule has 1 aromatic carbocycles. The molecular formula is C15H17ClN2. The lowest BCUT2D eigenvalue weighted by Crippen LogP contribution is -2.17. The molecule has 1 saturated heterocycles. The lowest BCUT2D eigenvalue weighted by molar-refractivity contribution is 0.949. The monoisotopic (exact) mass is 260 g/mol. The molecule has 0 spiro atoms. The van der Waals surface area contributed by atoms with Crippen molar-refractivity contribution in [2.75, 3.05) is 18.0 Å². The lowest BCUT2D eigenvalue weighted by atomic mass is 10.1. The first-order chi connectivity index (χ1) is 8.66. The maximum atomic E-state index is 6.45. The highest BCUT2D eigenvalue weighted by molar-refractivity contribution is 6.36. The Labute approximate surface area is 113 Å². The van der Waals surface area contributed by atoms with Crippen LogP contribution in [0.3, 0.4) is 0 Å². The van der Waals surface area contributed by atoms with E-state index in [0.717, 1.165) is 40.3 Å². The molecule has 3 heteroatoms. The first kappa shape index (κ1) is 11.8. The van der Waals surface area contributed by atoms with Crippen molar-refractivity contribution in [3.63, 3.8) is 0 Å². The lowest BCUT2D eigenvalue weighted by Gasteiger charge is -2.18. The Balaban J connectivity index is 2.16. The standard InChI is InChI=1S/C15H17ClN2/c1-10-11(2)17-14-6-5-12(9-13(14)15(10)16)18-7-3-4-8-18/h5-6,9H,3-4,7-8H2,1-2H3. The van der Waals surface area contributed by atoms with E-state index in [1.165, 1.54) is 18.5 Å². The number of pyridine rings is 1. The highest BCUT2D eigenvalue weighted by Crippen LogP contribution is 2.31. The molecule has 2 heterocycles. The van der Waals surface area contributed by atoms with Crippen LogP contribution in [0.1, 0.15) is 24.1 Å². The number of hydrogen-bond acceptors (Lipinski definition) is 2. The molecule has 0 atom stereocenters. The van der Waals surface area contributed by atoms with Crippen LogP contribution in [-0.4, -0.2) is 18.1 Å². The number of aryl methyl sites for hydroxylation is 1. The van der Waals surface area contributed by atoms with Crippen molar-refractivity contribution in [3.05, 3.63) is 34.5 Å². The average molecular weight is 261 g/mol. The SMILES string of the molecule is Cc1nc2ccc(N3CCCC3)cc2c(Cl)c1C. The van der Waals surface area contributed by atoms with E-state index in [9.17, 15) is 0 Å². The van der Waals surface area contributed by atoms with Crippen molar-refractivity contribution in [3.8, 4) is 0 Å². The number of anilines is 1. The number of fused-ring (bicyclic) bond motifs is 1. The molecule has 0 radical (unpaired) electrons. The zero-order valence-electron chi connectivity index (χ0n) is 10.8. The fourth-order valence-corrected chi connectivity index (χ4v) is 2.88. The maximum Gasteiger partial charge on any atom is 0.0721 e. The van der Waals surface area contributed by atoms with Crippen molar-refractivity contribution in [2.45, 2.75) is 26.7 Å². The summed E-state index contributed by atoms with van der Waals surface area (Å²) in [7, 11) is 0. The van der Waals surface area contributed by atoms with Crippen molar-refractivity contribution >= 4 is 28.2 Å². The molecule has 1 aliphatic heterocycles. The van der Waals surface area contributed by atoms with Crippen LogP contribution in [0.4, 0.5) is 5.69 Å². The fourth-order valence-electron chi connectivity index (χ4n) is 2.59. The van der Waals surface area contributed by atoms with Crippen LogP contribution in [-0.2, 0) is 0 Å². The van der Waals surface area contributed by atoms with E-state index < -0.39 is 0 Å². The van der Waals surface area contributed by atoms with Crippen LogP contribution in [0, 0.1) is 13.8 Å². The normalized spacial score (nSPS) is 15.6. The predicted molar refractivity (Wildman–Crippen MR) is 77.7 cm³/mol. The Morgan fingerprint density at radius 2 is 1.89 bits per heavy atom. The number of benzene rings is 1. The quantitative estimate of drug-likeness (QED) is 0.767. The highest BCUT2D eigenvalue weighted by atomic mass is 35.5. The van der Waals surface area contributed by atoms with Crippen molar-refractivity contribution in [2.24, 2.45) is 0 Å². The Morgan fingerprint density at radius 1 is 1.17 bits per heavy atom. The molecule has 0 N–H and O–H groups in total. The van der Waals surface area contributed by atoms with Crippen LogP contribution in [0.2, 0.25) is 5.02 Å². The van der Waals surface area contributed by atoms with Crippen LogP contribution < -0.4 is 4.90 Å². The molecule has 3 rings (SSSR count). The van der Waals surface area contributed by atoms with Crippen molar-refractivity contribution in [1.82, 2.24) is 4.98 Å². The van der Waals surface area contributed by atoms with Gasteiger partial charge in [0.25, 0.3) is 0 Å². The van der Waals surface area contributed by atoms with E-state index in [1.807, 2.05) is 13.8 Å². The Bertz CT molecular complexity index is 601. The van der Waals surface area contributed by atoms with E-state index in [4.69, 9.17) is 11.6 Å². The minimum absolute atomic E-state index is 0.846. The number of rotatable bonds is 1. The van der Waals surface area contributed by atoms with Gasteiger partial charge in [0.05, 0.1) is 10.5 Å². The third-order valence-electron chi connectivity index (χ3n) is 3.85. The molecule has 1 aromatic heterocycles. The summed E-state index contributed by atoms with van der Waals surface area (Å²) < 4.78 is 0. The van der Waals surface area contributed by atoms with Crippen molar-refractivity contribution in [1.29, 1.82) is 0 Å². The second-order valence-electron chi connectivity index (χ2n) is 5.03. The topological polar surface area (TPSA) is 16.1 Å². The zero-order chi connectivity index (χ0) is 12.7. The van der Waals surface area contributed by atoms with Crippen LogP contribution in [0.25, 0.3) is 10.9 Å². The van der Waals surface area contributed by atoms with E-state index in [2.05, 4.69) is 28.1 Å². The summed E-state index contributed by atoms with van der Waals surface area (Å²) >= 11 is 6.45. The molecule has 0 unspecified atom stereocenters. The average Bonchev–Trinajstić information content (AvgIpc) is 2.90. The van der Waals surface area contributed by atoms with Gasteiger partial charge in [-0.25, -0.2) is 0 Å². The number of halogens is 1. The summed E-state index contributed by atoms with van der Waals surface area (Å²) in [5, 5.41) is 1.92. The Kier molecular flexibility index (Phi) is 2.90. The van der Waals surface area contributed by atoms with Gasteiger partial charge in [0.2, 0.25) is 0 Å². The van der Waals surface area contributed by atoms with E-state index in [-0.39, 0.29) is 0 Å². The molecule has 94 valence electrons. The van der Waals surface area contributed by atoms with Gasteiger partial charge in [-0.3, -0.25) is 4.98 Å². The molecule has 18 heavy (non-hydrogen) atoms. The molecule has 1 fully saturated rings. The van der Waals surface area contributed by atoms with Gasteiger partial charge in [0.1, 0.15) is 0 Å². The molecule has 0 amide bonds. The predicted octanol–water partition coefficient (Wildman–Crippen LogP) is 4.11. The molecule has 0 bridgehead atoms. The summed E-state index contributed by atoms with van der Waals surface area (Å²) in [6.45, 7) is 6.35. The second-order valence-corrected chi connectivity index (χ2v) is 5.41. The number of hydrogen-bond donors (Lipinski definition) is 0. The summed E-state index contributed by atoms with van der Waals surface area (Å²) in [5.74, 6) is 0. The highest BCUT2D eigenvalue weighted by Gasteiger charge is 2.14. The third kappa shape index (κ3) is 1.85. The minimum atomic E-state index is 0.846. The smallest absolute Gasteiger partial charge is 0.0721 e. The summed E-state index contributed by atoms with van der Waals surface area (Å²) in [5.41, 5.74) is 4.36. The van der Waals surface area contributed by atoms with Crippen LogP contribution in [0.15, 0.2) is 18.2 Å². The third-order valence-corrected chi connectivity index (χ3v) is 4.33. The molecule has 0 saturated carbocycles.